The zero-order chi connectivity index (χ0) is 22.0. The first-order valence-electron chi connectivity index (χ1n) is 9.38. The summed E-state index contributed by atoms with van der Waals surface area (Å²) in [5.41, 5.74) is 6.09. The second-order valence-electron chi connectivity index (χ2n) is 6.97. The molecule has 1 amide bonds. The van der Waals surface area contributed by atoms with Crippen molar-refractivity contribution < 1.29 is 18.3 Å². The van der Waals surface area contributed by atoms with Crippen molar-refractivity contribution >= 4 is 28.3 Å². The molecule has 3 aromatic carbocycles. The van der Waals surface area contributed by atoms with Crippen LogP contribution in [0.4, 0.5) is 20.4 Å². The molecule has 0 bridgehead atoms. The van der Waals surface area contributed by atoms with Crippen molar-refractivity contribution in [2.24, 2.45) is 0 Å². The van der Waals surface area contributed by atoms with E-state index in [9.17, 15) is 13.6 Å². The number of anilines is 2. The second kappa shape index (κ2) is 7.98. The number of hydrogen-bond donors (Lipinski definition) is 2. The van der Waals surface area contributed by atoms with Crippen LogP contribution in [-0.2, 0) is 5.92 Å². The number of carbonyl (C=O) groups excluding carboxylic acids is 1. The second-order valence-corrected chi connectivity index (χ2v) is 6.97. The standard InChI is InChI=1S/C23H18F2N4O2/c1-23(24,25)15-5-3-6-16(13-15)28-21(30)19-7-2-4-14-12-17(8-9-18(14)19)31-20-10-11-27-22(26)29-20/h2-13H,1H3,(H,28,30)(H2,26,27,29). The molecule has 8 heteroatoms. The Morgan fingerprint density at radius 2 is 1.87 bits per heavy atom. The zero-order valence-corrected chi connectivity index (χ0v) is 16.5. The van der Waals surface area contributed by atoms with Crippen molar-refractivity contribution in [3.05, 3.63) is 84.1 Å². The summed E-state index contributed by atoms with van der Waals surface area (Å²) in [4.78, 5) is 20.7. The number of ether oxygens (including phenoxy) is 1. The quantitative estimate of drug-likeness (QED) is 0.453. The summed E-state index contributed by atoms with van der Waals surface area (Å²) >= 11 is 0. The number of amides is 1. The minimum absolute atomic E-state index is 0.0992. The molecule has 156 valence electrons. The van der Waals surface area contributed by atoms with E-state index in [-0.39, 0.29) is 11.5 Å². The number of alkyl halides is 2. The van der Waals surface area contributed by atoms with Crippen LogP contribution in [-0.4, -0.2) is 15.9 Å². The maximum Gasteiger partial charge on any atom is 0.270 e. The molecular weight excluding hydrogens is 402 g/mol. The van der Waals surface area contributed by atoms with Gasteiger partial charge in [0.05, 0.1) is 0 Å². The van der Waals surface area contributed by atoms with E-state index in [1.54, 1.807) is 42.5 Å². The molecule has 0 aliphatic rings. The fourth-order valence-electron chi connectivity index (χ4n) is 3.13. The Bertz CT molecular complexity index is 1270. The largest absolute Gasteiger partial charge is 0.439 e. The van der Waals surface area contributed by atoms with E-state index in [4.69, 9.17) is 10.5 Å². The van der Waals surface area contributed by atoms with Crippen molar-refractivity contribution in [1.29, 1.82) is 0 Å². The minimum Gasteiger partial charge on any atom is -0.439 e. The minimum atomic E-state index is -3.00. The number of carbonyl (C=O) groups is 1. The molecule has 0 fully saturated rings. The predicted octanol–water partition coefficient (Wildman–Crippen LogP) is 5.37. The smallest absolute Gasteiger partial charge is 0.270 e. The highest BCUT2D eigenvalue weighted by Crippen LogP contribution is 2.30. The number of fused-ring (bicyclic) bond motifs is 1. The molecule has 0 atom stereocenters. The lowest BCUT2D eigenvalue weighted by Crippen LogP contribution is -2.14. The first-order valence-corrected chi connectivity index (χ1v) is 9.38. The number of hydrogen-bond acceptors (Lipinski definition) is 5. The Balaban J connectivity index is 1.60. The predicted molar refractivity (Wildman–Crippen MR) is 114 cm³/mol. The Kier molecular flexibility index (Phi) is 5.21. The number of aromatic nitrogens is 2. The maximum absolute atomic E-state index is 13.6. The van der Waals surface area contributed by atoms with Crippen molar-refractivity contribution in [2.75, 3.05) is 11.1 Å². The Hall–Kier alpha value is -4.07. The Labute approximate surface area is 176 Å². The van der Waals surface area contributed by atoms with Gasteiger partial charge in [-0.25, -0.2) is 13.8 Å². The van der Waals surface area contributed by atoms with Crippen molar-refractivity contribution in [1.82, 2.24) is 9.97 Å². The molecule has 0 saturated carbocycles. The fourth-order valence-corrected chi connectivity index (χ4v) is 3.13. The van der Waals surface area contributed by atoms with Crippen LogP contribution < -0.4 is 15.8 Å². The van der Waals surface area contributed by atoms with E-state index in [2.05, 4.69) is 15.3 Å². The van der Waals surface area contributed by atoms with Gasteiger partial charge in [-0.05, 0) is 47.2 Å². The number of nitrogens with zero attached hydrogens (tertiary/aromatic N) is 2. The highest BCUT2D eigenvalue weighted by atomic mass is 19.3. The van der Waals surface area contributed by atoms with E-state index >= 15 is 0 Å². The topological polar surface area (TPSA) is 90.1 Å². The van der Waals surface area contributed by atoms with Gasteiger partial charge in [0.15, 0.2) is 0 Å². The van der Waals surface area contributed by atoms with Gasteiger partial charge in [0.1, 0.15) is 5.75 Å². The number of rotatable bonds is 5. The molecule has 0 saturated heterocycles. The van der Waals surface area contributed by atoms with Crippen LogP contribution in [0.25, 0.3) is 10.8 Å². The van der Waals surface area contributed by atoms with Gasteiger partial charge in [-0.3, -0.25) is 4.79 Å². The van der Waals surface area contributed by atoms with E-state index in [0.29, 0.717) is 28.3 Å². The van der Waals surface area contributed by atoms with Crippen LogP contribution >= 0.6 is 0 Å². The number of benzene rings is 3. The van der Waals surface area contributed by atoms with Gasteiger partial charge in [0.25, 0.3) is 11.8 Å². The monoisotopic (exact) mass is 420 g/mol. The summed E-state index contributed by atoms with van der Waals surface area (Å²) in [6.45, 7) is 0.814. The summed E-state index contributed by atoms with van der Waals surface area (Å²) in [6.07, 6.45) is 1.49. The molecule has 0 radical (unpaired) electrons. The van der Waals surface area contributed by atoms with E-state index < -0.39 is 11.8 Å². The molecular formula is C23H18F2N4O2. The van der Waals surface area contributed by atoms with Gasteiger partial charge in [-0.15, -0.1) is 0 Å². The molecule has 1 heterocycles. The summed E-state index contributed by atoms with van der Waals surface area (Å²) in [6, 6.07) is 17.7. The van der Waals surface area contributed by atoms with Crippen LogP contribution in [0.2, 0.25) is 0 Å². The lowest BCUT2D eigenvalue weighted by atomic mass is 10.0. The van der Waals surface area contributed by atoms with Crippen LogP contribution in [0, 0.1) is 0 Å². The van der Waals surface area contributed by atoms with Crippen LogP contribution in [0.3, 0.4) is 0 Å². The fraction of sp³-hybridized carbons (Fsp3) is 0.0870. The number of nitrogen functional groups attached to an aromatic ring is 1. The van der Waals surface area contributed by atoms with Crippen molar-refractivity contribution in [3.8, 4) is 11.6 Å². The van der Waals surface area contributed by atoms with Gasteiger partial charge in [0.2, 0.25) is 11.8 Å². The lowest BCUT2D eigenvalue weighted by molar-refractivity contribution is 0.0175. The van der Waals surface area contributed by atoms with Crippen LogP contribution in [0.15, 0.2) is 72.9 Å². The summed E-state index contributed by atoms with van der Waals surface area (Å²) in [5, 5.41) is 4.14. The van der Waals surface area contributed by atoms with Crippen molar-refractivity contribution in [3.63, 3.8) is 0 Å². The Morgan fingerprint density at radius 1 is 1.06 bits per heavy atom. The number of halogens is 2. The maximum atomic E-state index is 13.6. The van der Waals surface area contributed by atoms with Crippen LogP contribution in [0.5, 0.6) is 11.6 Å². The molecule has 4 aromatic rings. The third-order valence-corrected chi connectivity index (χ3v) is 4.59. The van der Waals surface area contributed by atoms with Crippen molar-refractivity contribution in [2.45, 2.75) is 12.8 Å². The first-order chi connectivity index (χ1) is 14.8. The average molecular weight is 420 g/mol. The normalized spacial score (nSPS) is 11.3. The lowest BCUT2D eigenvalue weighted by Gasteiger charge is -2.13. The van der Waals surface area contributed by atoms with Gasteiger partial charge in [-0.2, -0.15) is 4.98 Å². The number of nitrogens with one attached hydrogen (secondary N) is 1. The molecule has 6 nitrogen and oxygen atoms in total. The molecule has 0 spiro atoms. The highest BCUT2D eigenvalue weighted by Gasteiger charge is 2.24. The molecule has 31 heavy (non-hydrogen) atoms. The zero-order valence-electron chi connectivity index (χ0n) is 16.5. The van der Waals surface area contributed by atoms with E-state index in [1.165, 1.54) is 24.4 Å². The third kappa shape index (κ3) is 4.58. The molecule has 4 rings (SSSR count). The number of nitrogens with two attached hydrogens (primary N) is 1. The van der Waals surface area contributed by atoms with E-state index in [1.807, 2.05) is 6.07 Å². The highest BCUT2D eigenvalue weighted by molar-refractivity contribution is 6.13. The van der Waals surface area contributed by atoms with Crippen LogP contribution in [0.1, 0.15) is 22.8 Å². The average Bonchev–Trinajstić information content (AvgIpc) is 2.73. The van der Waals surface area contributed by atoms with Gasteiger partial charge >= 0.3 is 0 Å². The first kappa shape index (κ1) is 20.2. The molecule has 0 unspecified atom stereocenters. The Morgan fingerprint density at radius 3 is 2.65 bits per heavy atom. The van der Waals surface area contributed by atoms with Gasteiger partial charge in [-0.1, -0.05) is 24.3 Å². The van der Waals surface area contributed by atoms with Gasteiger partial charge < -0.3 is 15.8 Å². The summed E-state index contributed by atoms with van der Waals surface area (Å²) in [5.74, 6) is -2.48. The molecule has 1 aromatic heterocycles. The third-order valence-electron chi connectivity index (χ3n) is 4.59. The summed E-state index contributed by atoms with van der Waals surface area (Å²) in [7, 11) is 0. The SMILES string of the molecule is CC(F)(F)c1cccc(NC(=O)c2cccc3cc(Oc4ccnc(N)n4)ccc23)c1. The van der Waals surface area contributed by atoms with E-state index in [0.717, 1.165) is 12.3 Å². The summed E-state index contributed by atoms with van der Waals surface area (Å²) < 4.78 is 32.9. The molecule has 0 aliphatic carbocycles. The molecule has 0 aliphatic heterocycles. The van der Waals surface area contributed by atoms with Gasteiger partial charge in [0, 0.05) is 36.0 Å². The molecule has 3 N–H and O–H groups in total.